The zero-order valence-electron chi connectivity index (χ0n) is 8.72. The molecule has 0 unspecified atom stereocenters. The standard InChI is InChI=1S/C9H8N2O4S2/c1-15-6(14)3-16-9-11-8-7(17-9)4(12)2-5(13)10-8/h2H,3H2,1H3,(H2,10,12,13). The monoisotopic (exact) mass is 272 g/mol. The van der Waals surface area contributed by atoms with Crippen molar-refractivity contribution in [2.24, 2.45) is 0 Å². The number of hydrogen-bond donors (Lipinski definition) is 2. The van der Waals surface area contributed by atoms with Crippen molar-refractivity contribution < 1.29 is 14.6 Å². The zero-order chi connectivity index (χ0) is 12.4. The fourth-order valence-corrected chi connectivity index (χ4v) is 2.99. The second kappa shape index (κ2) is 4.76. The predicted octanol–water partition coefficient (Wildman–Crippen LogP) is 0.955. The number of H-pyrrole nitrogens is 1. The van der Waals surface area contributed by atoms with Crippen LogP contribution in [-0.4, -0.2) is 33.9 Å². The van der Waals surface area contributed by atoms with Crippen molar-refractivity contribution in [3.8, 4) is 5.75 Å². The number of thiazole rings is 1. The second-order valence-electron chi connectivity index (χ2n) is 3.04. The number of pyridine rings is 1. The highest BCUT2D eigenvalue weighted by Crippen LogP contribution is 2.32. The summed E-state index contributed by atoms with van der Waals surface area (Å²) < 4.78 is 5.58. The molecule has 2 heterocycles. The molecule has 0 aromatic carbocycles. The van der Waals surface area contributed by atoms with Crippen molar-refractivity contribution >= 4 is 39.4 Å². The third-order valence-electron chi connectivity index (χ3n) is 1.89. The fraction of sp³-hybridized carbons (Fsp3) is 0.222. The van der Waals surface area contributed by atoms with Crippen molar-refractivity contribution in [3.05, 3.63) is 16.4 Å². The number of carbonyl (C=O) groups is 1. The summed E-state index contributed by atoms with van der Waals surface area (Å²) in [7, 11) is 1.31. The van der Waals surface area contributed by atoms with E-state index in [0.717, 1.165) is 6.07 Å². The Balaban J connectivity index is 2.29. The van der Waals surface area contributed by atoms with Crippen molar-refractivity contribution in [2.45, 2.75) is 4.34 Å². The second-order valence-corrected chi connectivity index (χ2v) is 5.26. The minimum Gasteiger partial charge on any atom is -0.506 e. The van der Waals surface area contributed by atoms with Gasteiger partial charge in [-0.15, -0.1) is 11.3 Å². The Bertz CT molecular complexity index is 619. The Labute approximate surface area is 104 Å². The van der Waals surface area contributed by atoms with Gasteiger partial charge in [-0.1, -0.05) is 11.8 Å². The molecule has 90 valence electrons. The van der Waals surface area contributed by atoms with E-state index >= 15 is 0 Å². The maximum absolute atomic E-state index is 11.1. The van der Waals surface area contributed by atoms with Gasteiger partial charge in [-0.05, 0) is 0 Å². The number of esters is 1. The normalized spacial score (nSPS) is 10.6. The van der Waals surface area contributed by atoms with E-state index in [1.807, 2.05) is 0 Å². The average molecular weight is 272 g/mol. The lowest BCUT2D eigenvalue weighted by atomic mass is 10.4. The van der Waals surface area contributed by atoms with Gasteiger partial charge >= 0.3 is 5.97 Å². The van der Waals surface area contributed by atoms with Gasteiger partial charge in [0.2, 0.25) is 0 Å². The number of fused-ring (bicyclic) bond motifs is 1. The molecule has 0 radical (unpaired) electrons. The van der Waals surface area contributed by atoms with Crippen LogP contribution in [0.4, 0.5) is 0 Å². The first-order valence-electron chi connectivity index (χ1n) is 4.52. The summed E-state index contributed by atoms with van der Waals surface area (Å²) in [5.41, 5.74) is -0.0859. The maximum atomic E-state index is 11.1. The van der Waals surface area contributed by atoms with Crippen LogP contribution in [0.3, 0.4) is 0 Å². The molecule has 0 spiro atoms. The molecule has 0 aliphatic carbocycles. The Kier molecular flexibility index (Phi) is 3.34. The molecule has 8 heteroatoms. The van der Waals surface area contributed by atoms with Gasteiger partial charge in [-0.2, -0.15) is 0 Å². The third kappa shape index (κ3) is 2.59. The van der Waals surface area contributed by atoms with E-state index in [0.29, 0.717) is 14.7 Å². The number of nitrogens with zero attached hydrogens (tertiary/aromatic N) is 1. The molecule has 2 N–H and O–H groups in total. The minimum atomic E-state index is -0.412. The number of methoxy groups -OCH3 is 1. The number of aromatic amines is 1. The van der Waals surface area contributed by atoms with Crippen LogP contribution in [0, 0.1) is 0 Å². The quantitative estimate of drug-likeness (QED) is 0.638. The van der Waals surface area contributed by atoms with Crippen LogP contribution in [0.1, 0.15) is 0 Å². The van der Waals surface area contributed by atoms with E-state index < -0.39 is 5.56 Å². The van der Waals surface area contributed by atoms with E-state index in [9.17, 15) is 14.7 Å². The summed E-state index contributed by atoms with van der Waals surface area (Å²) >= 11 is 2.40. The number of hydrogen-bond acceptors (Lipinski definition) is 7. The number of ether oxygens (including phenoxy) is 1. The largest absolute Gasteiger partial charge is 0.506 e. The van der Waals surface area contributed by atoms with Crippen LogP contribution >= 0.6 is 23.1 Å². The summed E-state index contributed by atoms with van der Waals surface area (Å²) in [5, 5.41) is 9.54. The highest BCUT2D eigenvalue weighted by atomic mass is 32.2. The van der Waals surface area contributed by atoms with Gasteiger partial charge in [0.15, 0.2) is 9.99 Å². The minimum absolute atomic E-state index is 0.105. The Morgan fingerprint density at radius 3 is 3.18 bits per heavy atom. The number of aromatic hydroxyl groups is 1. The zero-order valence-corrected chi connectivity index (χ0v) is 10.4. The van der Waals surface area contributed by atoms with E-state index in [1.165, 1.54) is 30.2 Å². The van der Waals surface area contributed by atoms with Crippen molar-refractivity contribution in [2.75, 3.05) is 12.9 Å². The SMILES string of the molecule is COC(=O)CSc1nc2[nH]c(=O)cc(O)c2s1. The molecular weight excluding hydrogens is 264 g/mol. The Hall–Kier alpha value is -1.54. The maximum Gasteiger partial charge on any atom is 0.316 e. The van der Waals surface area contributed by atoms with Gasteiger partial charge in [0.05, 0.1) is 12.9 Å². The lowest BCUT2D eigenvalue weighted by Crippen LogP contribution is -2.03. The molecule has 0 aliphatic rings. The molecule has 0 amide bonds. The first-order valence-corrected chi connectivity index (χ1v) is 6.33. The molecule has 0 bridgehead atoms. The predicted molar refractivity (Wildman–Crippen MR) is 64.6 cm³/mol. The van der Waals surface area contributed by atoms with Crippen molar-refractivity contribution in [3.63, 3.8) is 0 Å². The van der Waals surface area contributed by atoms with Crippen molar-refractivity contribution in [1.82, 2.24) is 9.97 Å². The molecule has 2 rings (SSSR count). The van der Waals surface area contributed by atoms with Gasteiger partial charge < -0.3 is 14.8 Å². The van der Waals surface area contributed by atoms with E-state index in [1.54, 1.807) is 0 Å². The highest BCUT2D eigenvalue weighted by molar-refractivity contribution is 8.01. The van der Waals surface area contributed by atoms with Gasteiger partial charge in [-0.3, -0.25) is 9.59 Å². The van der Waals surface area contributed by atoms with Gasteiger partial charge in [0, 0.05) is 6.07 Å². The molecule has 0 aliphatic heterocycles. The lowest BCUT2D eigenvalue weighted by molar-refractivity contribution is -0.137. The molecule has 17 heavy (non-hydrogen) atoms. The molecule has 0 fully saturated rings. The van der Waals surface area contributed by atoms with E-state index in [4.69, 9.17) is 0 Å². The van der Waals surface area contributed by atoms with Crippen LogP contribution in [-0.2, 0) is 9.53 Å². The van der Waals surface area contributed by atoms with Gasteiger partial charge in [0.1, 0.15) is 10.4 Å². The van der Waals surface area contributed by atoms with Crippen molar-refractivity contribution in [1.29, 1.82) is 0 Å². The van der Waals surface area contributed by atoms with E-state index in [-0.39, 0.29) is 17.5 Å². The van der Waals surface area contributed by atoms with Gasteiger partial charge in [-0.25, -0.2) is 4.98 Å². The first-order chi connectivity index (χ1) is 8.10. The topological polar surface area (TPSA) is 92.3 Å². The summed E-state index contributed by atoms with van der Waals surface area (Å²) in [6.07, 6.45) is 0. The van der Waals surface area contributed by atoms with Crippen LogP contribution < -0.4 is 5.56 Å². The Morgan fingerprint density at radius 2 is 2.47 bits per heavy atom. The molecule has 0 atom stereocenters. The third-order valence-corrected chi connectivity index (χ3v) is 4.09. The number of rotatable bonds is 3. The molecule has 6 nitrogen and oxygen atoms in total. The summed E-state index contributed by atoms with van der Waals surface area (Å²) in [4.78, 5) is 28.6. The first kappa shape index (κ1) is 11.9. The summed E-state index contributed by atoms with van der Waals surface area (Å²) in [5.74, 6) is -0.320. The smallest absolute Gasteiger partial charge is 0.316 e. The Morgan fingerprint density at radius 1 is 1.71 bits per heavy atom. The number of thioether (sulfide) groups is 1. The highest BCUT2D eigenvalue weighted by Gasteiger charge is 2.11. The summed E-state index contributed by atoms with van der Waals surface area (Å²) in [6, 6.07) is 1.09. The molecule has 2 aromatic rings. The average Bonchev–Trinajstić information content (AvgIpc) is 2.69. The molecule has 2 aromatic heterocycles. The van der Waals surface area contributed by atoms with Crippen LogP contribution in [0.25, 0.3) is 10.3 Å². The fourth-order valence-electron chi connectivity index (χ4n) is 1.14. The summed E-state index contributed by atoms with van der Waals surface area (Å²) in [6.45, 7) is 0. The van der Waals surface area contributed by atoms with E-state index in [2.05, 4.69) is 14.7 Å². The number of aromatic nitrogens is 2. The lowest BCUT2D eigenvalue weighted by Gasteiger charge is -1.94. The van der Waals surface area contributed by atoms with Crippen LogP contribution in [0.15, 0.2) is 15.2 Å². The van der Waals surface area contributed by atoms with Crippen LogP contribution in [0.2, 0.25) is 0 Å². The molecular formula is C9H8N2O4S2. The van der Waals surface area contributed by atoms with Crippen LogP contribution in [0.5, 0.6) is 5.75 Å². The number of nitrogens with one attached hydrogen (secondary N) is 1. The molecule has 0 saturated heterocycles. The molecule has 0 saturated carbocycles. The number of carbonyl (C=O) groups excluding carboxylic acids is 1. The van der Waals surface area contributed by atoms with Gasteiger partial charge in [0.25, 0.3) is 5.56 Å².